The largest absolute Gasteiger partial charge is 0.267 e. The summed E-state index contributed by atoms with van der Waals surface area (Å²) >= 11 is 0. The summed E-state index contributed by atoms with van der Waals surface area (Å²) in [7, 11) is -7.70. The molecule has 1 atom stereocenters. The van der Waals surface area contributed by atoms with E-state index in [2.05, 4.69) is 4.72 Å². The van der Waals surface area contributed by atoms with Crippen molar-refractivity contribution < 1.29 is 16.8 Å². The van der Waals surface area contributed by atoms with Crippen molar-refractivity contribution >= 4 is 20.0 Å². The van der Waals surface area contributed by atoms with Crippen LogP contribution in [0.4, 0.5) is 0 Å². The van der Waals surface area contributed by atoms with E-state index in [0.29, 0.717) is 0 Å². The number of hydrogen-bond acceptors (Lipinski definition) is 4. The van der Waals surface area contributed by atoms with Gasteiger partial charge in [0.1, 0.15) is 4.90 Å². The number of aromatic nitrogens is 1. The van der Waals surface area contributed by atoms with Gasteiger partial charge in [-0.1, -0.05) is 48.5 Å². The molecular weight excluding hydrogens is 372 g/mol. The first-order valence-electron chi connectivity index (χ1n) is 7.86. The third-order valence-corrected chi connectivity index (χ3v) is 7.08. The van der Waals surface area contributed by atoms with Crippen LogP contribution >= 0.6 is 0 Å². The third kappa shape index (κ3) is 3.72. The van der Waals surface area contributed by atoms with E-state index >= 15 is 0 Å². The molecule has 8 heteroatoms. The molecule has 2 aromatic carbocycles. The molecule has 0 amide bonds. The van der Waals surface area contributed by atoms with Crippen LogP contribution in [0, 0.1) is 0 Å². The molecule has 3 rings (SSSR count). The van der Waals surface area contributed by atoms with Crippen molar-refractivity contribution in [3.8, 4) is 0 Å². The average Bonchev–Trinajstić information content (AvgIpc) is 3.15. The highest BCUT2D eigenvalue weighted by atomic mass is 32.2. The Labute approximate surface area is 153 Å². The number of rotatable bonds is 6. The molecule has 0 saturated carbocycles. The molecule has 0 fully saturated rings. The second kappa shape index (κ2) is 7.06. The van der Waals surface area contributed by atoms with Crippen LogP contribution in [0.25, 0.3) is 0 Å². The lowest BCUT2D eigenvalue weighted by Crippen LogP contribution is -2.26. The fourth-order valence-corrected chi connectivity index (χ4v) is 5.01. The maximum Gasteiger partial charge on any atom is 0.267 e. The molecule has 26 heavy (non-hydrogen) atoms. The van der Waals surface area contributed by atoms with Gasteiger partial charge in [0.15, 0.2) is 0 Å². The van der Waals surface area contributed by atoms with Gasteiger partial charge in [0.05, 0.1) is 4.90 Å². The van der Waals surface area contributed by atoms with Gasteiger partial charge in [-0.05, 0) is 30.7 Å². The van der Waals surface area contributed by atoms with Crippen molar-refractivity contribution in [1.82, 2.24) is 8.69 Å². The summed E-state index contributed by atoms with van der Waals surface area (Å²) in [5, 5.41) is 0. The fraction of sp³-hybridized carbons (Fsp3) is 0.111. The third-order valence-electron chi connectivity index (χ3n) is 3.90. The van der Waals surface area contributed by atoms with E-state index in [4.69, 9.17) is 0 Å². The molecule has 0 aliphatic rings. The minimum absolute atomic E-state index is 0.0881. The lowest BCUT2D eigenvalue weighted by atomic mass is 10.1. The Balaban J connectivity index is 1.87. The minimum Gasteiger partial charge on any atom is -0.248 e. The van der Waals surface area contributed by atoms with Gasteiger partial charge in [0, 0.05) is 18.4 Å². The van der Waals surface area contributed by atoms with Gasteiger partial charge in [-0.3, -0.25) is 0 Å². The smallest absolute Gasteiger partial charge is 0.248 e. The van der Waals surface area contributed by atoms with Crippen LogP contribution in [0.1, 0.15) is 18.5 Å². The molecule has 1 heterocycles. The van der Waals surface area contributed by atoms with Crippen LogP contribution in [0.15, 0.2) is 88.9 Å². The number of benzene rings is 2. The number of sulfonamides is 1. The Morgan fingerprint density at radius 1 is 0.808 bits per heavy atom. The lowest BCUT2D eigenvalue weighted by molar-refractivity contribution is 0.567. The highest BCUT2D eigenvalue weighted by molar-refractivity contribution is 7.90. The monoisotopic (exact) mass is 390 g/mol. The normalized spacial score (nSPS) is 13.4. The molecular formula is C18H18N2O4S2. The van der Waals surface area contributed by atoms with Gasteiger partial charge in [0.2, 0.25) is 10.0 Å². The summed E-state index contributed by atoms with van der Waals surface area (Å²) in [5.41, 5.74) is 0.812. The predicted octanol–water partition coefficient (Wildman–Crippen LogP) is 2.76. The van der Waals surface area contributed by atoms with Crippen LogP contribution in [-0.4, -0.2) is 20.8 Å². The van der Waals surface area contributed by atoms with Crippen LogP contribution < -0.4 is 4.72 Å². The Hall–Kier alpha value is -2.42. The number of hydrogen-bond donors (Lipinski definition) is 1. The molecule has 1 aromatic heterocycles. The summed E-state index contributed by atoms with van der Waals surface area (Å²) in [6.07, 6.45) is 2.33. The molecule has 0 unspecified atom stereocenters. The lowest BCUT2D eigenvalue weighted by Gasteiger charge is -2.13. The molecule has 0 bridgehead atoms. The molecule has 3 aromatic rings. The second-order valence-electron chi connectivity index (χ2n) is 5.75. The maximum absolute atomic E-state index is 12.6. The quantitative estimate of drug-likeness (QED) is 0.701. The van der Waals surface area contributed by atoms with Crippen molar-refractivity contribution in [3.05, 3.63) is 84.7 Å². The minimum atomic E-state index is -3.86. The van der Waals surface area contributed by atoms with Crippen molar-refractivity contribution in [2.24, 2.45) is 0 Å². The van der Waals surface area contributed by atoms with Crippen molar-refractivity contribution in [2.75, 3.05) is 0 Å². The first-order valence-corrected chi connectivity index (χ1v) is 10.8. The Kier molecular flexibility index (Phi) is 4.99. The van der Waals surface area contributed by atoms with E-state index in [0.717, 1.165) is 15.7 Å². The summed E-state index contributed by atoms with van der Waals surface area (Å²) in [6, 6.07) is 17.8. The number of nitrogens with zero attached hydrogens (tertiary/aromatic N) is 1. The molecule has 0 radical (unpaired) electrons. The zero-order valence-corrected chi connectivity index (χ0v) is 15.6. The topological polar surface area (TPSA) is 85.2 Å². The van der Waals surface area contributed by atoms with E-state index in [1.54, 1.807) is 25.1 Å². The van der Waals surface area contributed by atoms with Crippen LogP contribution in [0.5, 0.6) is 0 Å². The Bertz CT molecular complexity index is 1090. The van der Waals surface area contributed by atoms with Gasteiger partial charge in [-0.25, -0.2) is 25.5 Å². The molecule has 0 spiro atoms. The van der Waals surface area contributed by atoms with Crippen LogP contribution in [-0.2, 0) is 20.0 Å². The van der Waals surface area contributed by atoms with E-state index in [-0.39, 0.29) is 9.79 Å². The van der Waals surface area contributed by atoms with E-state index < -0.39 is 26.1 Å². The number of nitrogens with one attached hydrogen (secondary N) is 1. The molecule has 6 nitrogen and oxygen atoms in total. The van der Waals surface area contributed by atoms with Gasteiger partial charge in [0.25, 0.3) is 10.0 Å². The zero-order chi connectivity index (χ0) is 18.8. The fourth-order valence-electron chi connectivity index (χ4n) is 2.49. The van der Waals surface area contributed by atoms with E-state index in [9.17, 15) is 16.8 Å². The van der Waals surface area contributed by atoms with Crippen molar-refractivity contribution in [2.45, 2.75) is 22.8 Å². The van der Waals surface area contributed by atoms with Crippen LogP contribution in [0.2, 0.25) is 0 Å². The Morgan fingerprint density at radius 3 is 2.00 bits per heavy atom. The molecule has 0 aliphatic carbocycles. The first-order chi connectivity index (χ1) is 12.3. The highest BCUT2D eigenvalue weighted by Gasteiger charge is 2.23. The zero-order valence-electron chi connectivity index (χ0n) is 14.0. The van der Waals surface area contributed by atoms with Gasteiger partial charge < -0.3 is 0 Å². The van der Waals surface area contributed by atoms with E-state index in [1.807, 2.05) is 30.3 Å². The van der Waals surface area contributed by atoms with Crippen molar-refractivity contribution in [1.29, 1.82) is 0 Å². The van der Waals surface area contributed by atoms with Gasteiger partial charge in [-0.15, -0.1) is 0 Å². The van der Waals surface area contributed by atoms with Gasteiger partial charge >= 0.3 is 0 Å². The summed E-state index contributed by atoms with van der Waals surface area (Å²) in [4.78, 5) is -0.0232. The highest BCUT2D eigenvalue weighted by Crippen LogP contribution is 2.20. The van der Waals surface area contributed by atoms with Gasteiger partial charge in [-0.2, -0.15) is 0 Å². The summed E-state index contributed by atoms with van der Waals surface area (Å²) in [5.74, 6) is 0. The predicted molar refractivity (Wildman–Crippen MR) is 98.6 cm³/mol. The summed E-state index contributed by atoms with van der Waals surface area (Å²) < 4.78 is 53.7. The standard InChI is InChI=1S/C18H18N2O4S2/c1-15(16-8-4-2-5-9-16)19-25(21,22)18-12-13-20(14-18)26(23,24)17-10-6-3-7-11-17/h2-15,19H,1H3/t15-/m1/s1. The second-order valence-corrected chi connectivity index (χ2v) is 9.31. The van der Waals surface area contributed by atoms with E-state index in [1.165, 1.54) is 24.4 Å². The SMILES string of the molecule is C[C@@H](NS(=O)(=O)c1ccn(S(=O)(=O)c2ccccc2)c1)c1ccccc1. The first kappa shape index (κ1) is 18.4. The average molecular weight is 390 g/mol. The van der Waals surface area contributed by atoms with Crippen molar-refractivity contribution in [3.63, 3.8) is 0 Å². The summed E-state index contributed by atoms with van der Waals surface area (Å²) in [6.45, 7) is 1.73. The Morgan fingerprint density at radius 2 is 1.38 bits per heavy atom. The maximum atomic E-state index is 12.6. The molecule has 1 N–H and O–H groups in total. The molecule has 136 valence electrons. The van der Waals surface area contributed by atoms with Crippen LogP contribution in [0.3, 0.4) is 0 Å². The molecule has 0 aliphatic heterocycles. The molecule has 0 saturated heterocycles.